The van der Waals surface area contributed by atoms with Gasteiger partial charge in [0.2, 0.25) is 5.91 Å². The molecular formula is C131H144Cl2F2N6O. The zero-order valence-electron chi connectivity index (χ0n) is 83.6. The Morgan fingerprint density at radius 1 is 0.310 bits per heavy atom. The van der Waals surface area contributed by atoms with Gasteiger partial charge in [-0.15, -0.1) is 0 Å². The Hall–Kier alpha value is -12.8. The first-order valence-corrected chi connectivity index (χ1v) is 52.0. The van der Waals surface area contributed by atoms with Gasteiger partial charge < -0.3 is 32.3 Å². The molecule has 4 atom stereocenters. The Labute approximate surface area is 856 Å². The number of rotatable bonds is 39. The van der Waals surface area contributed by atoms with Crippen LogP contribution in [0.4, 0.5) is 8.78 Å². The minimum Gasteiger partial charge on any atom is -0.359 e. The van der Waals surface area contributed by atoms with Gasteiger partial charge in [0.15, 0.2) is 0 Å². The summed E-state index contributed by atoms with van der Waals surface area (Å²) in [4.78, 5) is 11.6. The van der Waals surface area contributed by atoms with Crippen LogP contribution in [0.3, 0.4) is 0 Å². The molecule has 11 heteroatoms. The van der Waals surface area contributed by atoms with Gasteiger partial charge in [0, 0.05) is 83.2 Å². The molecule has 0 saturated carbocycles. The van der Waals surface area contributed by atoms with E-state index in [2.05, 4.69) is 437 Å². The van der Waals surface area contributed by atoms with E-state index in [1.54, 1.807) is 24.3 Å². The van der Waals surface area contributed by atoms with Crippen molar-refractivity contribution in [1.82, 2.24) is 26.6 Å². The summed E-state index contributed by atoms with van der Waals surface area (Å²) < 4.78 is 26.7. The van der Waals surface area contributed by atoms with E-state index in [1.807, 2.05) is 24.3 Å². The van der Waals surface area contributed by atoms with Crippen LogP contribution in [0.25, 0.3) is 0 Å². The van der Waals surface area contributed by atoms with Crippen molar-refractivity contribution in [3.05, 3.63) is 571 Å². The number of benzene rings is 16. The first-order valence-electron chi connectivity index (χ1n) is 51.2. The lowest BCUT2D eigenvalue weighted by Crippen LogP contribution is -2.27. The fraction of sp³-hybridized carbons (Fsp3) is 0.260. The van der Waals surface area contributed by atoms with Crippen molar-refractivity contribution >= 4 is 29.1 Å². The van der Waals surface area contributed by atoms with Crippen molar-refractivity contribution < 1.29 is 13.6 Å². The van der Waals surface area contributed by atoms with E-state index in [9.17, 15) is 13.6 Å². The van der Waals surface area contributed by atoms with Crippen LogP contribution in [-0.2, 0) is 17.6 Å². The summed E-state index contributed by atoms with van der Waals surface area (Å²) in [5.74, 6) is 1.41. The number of aryl methyl sites for hydroxylation is 2. The molecule has 16 aromatic rings. The van der Waals surface area contributed by atoms with Crippen molar-refractivity contribution in [2.75, 3.05) is 39.8 Å². The van der Waals surface area contributed by atoms with Crippen LogP contribution >= 0.6 is 23.2 Å². The van der Waals surface area contributed by atoms with Crippen molar-refractivity contribution in [2.45, 2.75) is 171 Å². The van der Waals surface area contributed by atoms with E-state index in [-0.39, 0.29) is 29.9 Å². The number of carbonyl (C=O) groups is 1. The number of nitrogens with two attached hydrogens (primary N) is 1. The zero-order valence-corrected chi connectivity index (χ0v) is 85.1. The number of halogens is 4. The molecule has 142 heavy (non-hydrogen) atoms. The second-order valence-corrected chi connectivity index (χ2v) is 37.8. The molecule has 0 radical (unpaired) electrons. The minimum atomic E-state index is -0.374. The van der Waals surface area contributed by atoms with Crippen LogP contribution in [-0.4, -0.2) is 45.7 Å². The van der Waals surface area contributed by atoms with E-state index in [1.165, 1.54) is 133 Å². The van der Waals surface area contributed by atoms with Gasteiger partial charge >= 0.3 is 0 Å². The Balaban J connectivity index is 0.000000153. The van der Waals surface area contributed by atoms with E-state index in [0.717, 1.165) is 101 Å². The topological polar surface area (TPSA) is 103 Å². The molecule has 732 valence electrons. The quantitative estimate of drug-likeness (QED) is 0.0229. The third-order valence-corrected chi connectivity index (χ3v) is 27.5. The largest absolute Gasteiger partial charge is 0.359 e. The van der Waals surface area contributed by atoms with Gasteiger partial charge in [-0.05, 0) is 252 Å². The number of hydrogen-bond donors (Lipinski definition) is 6. The van der Waals surface area contributed by atoms with E-state index >= 15 is 0 Å². The van der Waals surface area contributed by atoms with Gasteiger partial charge in [-0.2, -0.15) is 0 Å². The van der Waals surface area contributed by atoms with Crippen LogP contribution in [0.15, 0.2) is 449 Å². The fourth-order valence-corrected chi connectivity index (χ4v) is 20.0. The van der Waals surface area contributed by atoms with Gasteiger partial charge in [-0.1, -0.05) is 465 Å². The van der Waals surface area contributed by atoms with E-state index < -0.39 is 0 Å². The third kappa shape index (κ3) is 34.6. The second kappa shape index (κ2) is 60.5. The highest BCUT2D eigenvalue weighted by Crippen LogP contribution is 2.39. The Kier molecular flexibility index (Phi) is 46.0. The van der Waals surface area contributed by atoms with Crippen LogP contribution < -0.4 is 32.3 Å². The number of carbonyl (C=O) groups excluding carboxylic acids is 1. The molecule has 4 unspecified atom stereocenters. The van der Waals surface area contributed by atoms with E-state index in [4.69, 9.17) is 28.9 Å². The van der Waals surface area contributed by atoms with Crippen LogP contribution in [0.1, 0.15) is 259 Å². The number of nitrogens with one attached hydrogen (secondary N) is 5. The highest BCUT2D eigenvalue weighted by Gasteiger charge is 2.26. The summed E-state index contributed by atoms with van der Waals surface area (Å²) in [6.45, 7) is 15.9. The molecule has 1 amide bonds. The molecule has 17 rings (SSSR count). The molecule has 7 nitrogen and oxygen atoms in total. The molecule has 1 aliphatic carbocycles. The molecule has 0 saturated heterocycles. The standard InChI is InChI=1S/2C25H29N.2C24H26ClN.C17H19N.C16H15F2NO/c1-20(2)25(23-16-10-5-11-17-23)26-19-18-24(21-12-6-3-7-13-21)22-14-8-4-9-15-22;1-2-12-25(23-17-10-5-11-18-23)26-20-19-24(21-13-6-3-7-14-21)22-15-8-4-9-16-22;1-2-24(21-14-9-15-22(25)18-21)26-17-16-23(19-10-5-3-6-11-19)20-12-7-4-8-13-20;1-2-24(21-13-15-22(25)16-14-21)26-18-17-23(19-9-5-3-6-10-19)20-11-7-4-8-12-20;18-12-11-17-15-7-3-1-5-13(15)9-10-14-6-2-4-8-16(14)17;1-19-16(20)10-15(11-4-2-6-13(17)8-11)12-5-3-7-14(18)9-12/h3-17,20,24-26H,18-19H2,1-2H3;3-11,13-18,24-26H,2,12,19-20H2,1H3;3-15,18,23-24,26H,2,16-17H2,1H3;3-16,23-24,26H,2,17-18H2,1H3;1-8,17H,9-12,18H2;2-9,15H,10H2,1H3,(H,19,20). The van der Waals surface area contributed by atoms with Gasteiger partial charge in [-0.3, -0.25) is 4.79 Å². The predicted molar refractivity (Wildman–Crippen MR) is 596 cm³/mol. The molecule has 0 aromatic heterocycles. The van der Waals surface area contributed by atoms with Gasteiger partial charge in [0.25, 0.3) is 0 Å². The molecule has 16 aromatic carbocycles. The molecular weight excluding hydrogens is 1780 g/mol. The summed E-state index contributed by atoms with van der Waals surface area (Å²) in [5.41, 5.74) is 29.5. The summed E-state index contributed by atoms with van der Waals surface area (Å²) >= 11 is 12.2. The third-order valence-electron chi connectivity index (χ3n) is 27.0. The normalized spacial score (nSPS) is 12.4. The Bertz CT molecular complexity index is 5910. The van der Waals surface area contributed by atoms with Crippen molar-refractivity contribution in [3.63, 3.8) is 0 Å². The maximum absolute atomic E-state index is 13.4. The second-order valence-electron chi connectivity index (χ2n) is 36.9. The number of hydrogen-bond acceptors (Lipinski definition) is 6. The summed E-state index contributed by atoms with van der Waals surface area (Å²) in [6, 6.07) is 156. The fourth-order valence-electron chi connectivity index (χ4n) is 19.6. The van der Waals surface area contributed by atoms with Gasteiger partial charge in [0.1, 0.15) is 11.6 Å². The zero-order chi connectivity index (χ0) is 99.5. The molecule has 1 aliphatic rings. The smallest absolute Gasteiger partial charge is 0.220 e. The lowest BCUT2D eigenvalue weighted by molar-refractivity contribution is -0.120. The average Bonchev–Trinajstić information content (AvgIpc) is 1.68. The summed E-state index contributed by atoms with van der Waals surface area (Å²) in [6.07, 6.45) is 12.2. The lowest BCUT2D eigenvalue weighted by Gasteiger charge is -2.25. The Morgan fingerprint density at radius 2 is 0.606 bits per heavy atom. The SMILES string of the molecule is CC(C)C(NCCC(c1ccccc1)c1ccccc1)c1ccccc1.CCC(NCCC(c1ccccc1)c1ccccc1)c1ccc(Cl)cc1.CCC(NCCC(c1ccccc1)c1ccccc1)c1cccc(Cl)c1.CCCC(NCCC(c1ccccc1)c1ccccc1)c1ccccc1.CNC(=O)CC(c1cccc(F)c1)c1cccc(F)c1.NCCC1c2ccccc2CCc2ccccc21. The molecule has 0 heterocycles. The van der Waals surface area contributed by atoms with Gasteiger partial charge in [-0.25, -0.2) is 8.78 Å². The van der Waals surface area contributed by atoms with Crippen LogP contribution in [0.2, 0.25) is 10.0 Å². The minimum absolute atomic E-state index is 0.142. The molecule has 7 N–H and O–H groups in total. The maximum Gasteiger partial charge on any atom is 0.220 e. The highest BCUT2D eigenvalue weighted by atomic mass is 35.5. The average molecular weight is 1930 g/mol. The summed E-state index contributed by atoms with van der Waals surface area (Å²) in [7, 11) is 1.54. The number of amides is 1. The van der Waals surface area contributed by atoms with Crippen molar-refractivity contribution in [1.29, 1.82) is 0 Å². The molecule has 0 aliphatic heterocycles. The molecule has 0 bridgehead atoms. The van der Waals surface area contributed by atoms with Crippen LogP contribution in [0, 0.1) is 17.6 Å². The Morgan fingerprint density at radius 3 is 0.930 bits per heavy atom. The maximum atomic E-state index is 13.4. The first-order chi connectivity index (χ1) is 69.7. The van der Waals surface area contributed by atoms with Gasteiger partial charge in [0.05, 0.1) is 0 Å². The first kappa shape index (κ1) is 108. The monoisotopic (exact) mass is 1930 g/mol. The molecule has 0 fully saturated rings. The lowest BCUT2D eigenvalue weighted by atomic mass is 9.86. The number of fused-ring (bicyclic) bond motifs is 2. The highest BCUT2D eigenvalue weighted by molar-refractivity contribution is 6.30. The van der Waals surface area contributed by atoms with Crippen LogP contribution in [0.5, 0.6) is 0 Å². The van der Waals surface area contributed by atoms with E-state index in [0.29, 0.717) is 70.8 Å². The molecule has 0 spiro atoms. The van der Waals surface area contributed by atoms with Crippen molar-refractivity contribution in [2.24, 2.45) is 11.7 Å². The summed E-state index contributed by atoms with van der Waals surface area (Å²) in [5, 5.41) is 19.2. The predicted octanol–water partition coefficient (Wildman–Crippen LogP) is 32.2. The van der Waals surface area contributed by atoms with Crippen molar-refractivity contribution in [3.8, 4) is 0 Å².